The van der Waals surface area contributed by atoms with Gasteiger partial charge < -0.3 is 14.7 Å². The molecule has 1 atom stereocenters. The van der Waals surface area contributed by atoms with Crippen LogP contribution >= 0.6 is 11.6 Å². The maximum Gasteiger partial charge on any atom is 0.328 e. The van der Waals surface area contributed by atoms with E-state index in [9.17, 15) is 4.79 Å². The van der Waals surface area contributed by atoms with Gasteiger partial charge in [-0.25, -0.2) is 4.79 Å². The lowest BCUT2D eigenvalue weighted by molar-refractivity contribution is -0.141. The van der Waals surface area contributed by atoms with Crippen molar-refractivity contribution in [1.29, 1.82) is 5.26 Å². The van der Waals surface area contributed by atoms with Gasteiger partial charge in [0.1, 0.15) is 6.07 Å². The predicted molar refractivity (Wildman–Crippen MR) is 65.8 cm³/mol. The van der Waals surface area contributed by atoms with Crippen molar-refractivity contribution in [3.05, 3.63) is 28.8 Å². The van der Waals surface area contributed by atoms with Crippen LogP contribution < -0.4 is 4.90 Å². The largest absolute Gasteiger partial charge is 0.480 e. The molecule has 0 radical (unpaired) electrons. The van der Waals surface area contributed by atoms with Crippen LogP contribution in [0.4, 0.5) is 5.69 Å². The molecule has 0 aromatic heterocycles. The highest BCUT2D eigenvalue weighted by Crippen LogP contribution is 2.27. The van der Waals surface area contributed by atoms with Gasteiger partial charge in [-0.1, -0.05) is 11.6 Å². The number of aliphatic carboxylic acids is 1. The molecule has 1 heterocycles. The summed E-state index contributed by atoms with van der Waals surface area (Å²) in [5, 5.41) is 18.7. The minimum absolute atomic E-state index is 0.104. The summed E-state index contributed by atoms with van der Waals surface area (Å²) in [5.74, 6) is -0.974. The number of anilines is 1. The van der Waals surface area contributed by atoms with Crippen molar-refractivity contribution in [1.82, 2.24) is 0 Å². The van der Waals surface area contributed by atoms with Crippen molar-refractivity contribution < 1.29 is 14.6 Å². The van der Waals surface area contributed by atoms with Crippen LogP contribution in [0.1, 0.15) is 5.56 Å². The van der Waals surface area contributed by atoms with Gasteiger partial charge in [0.15, 0.2) is 6.04 Å². The summed E-state index contributed by atoms with van der Waals surface area (Å²) in [6, 6.07) is 6.07. The van der Waals surface area contributed by atoms with Crippen LogP contribution in [-0.2, 0) is 9.53 Å². The molecule has 94 valence electrons. The quantitative estimate of drug-likeness (QED) is 0.878. The van der Waals surface area contributed by atoms with Gasteiger partial charge in [-0.15, -0.1) is 0 Å². The van der Waals surface area contributed by atoms with Gasteiger partial charge in [0, 0.05) is 11.6 Å². The van der Waals surface area contributed by atoms with Gasteiger partial charge in [-0.3, -0.25) is 0 Å². The number of carbonyl (C=O) groups is 1. The van der Waals surface area contributed by atoms with Crippen LogP contribution in [-0.4, -0.2) is 36.9 Å². The Hall–Kier alpha value is -1.77. The van der Waals surface area contributed by atoms with Crippen LogP contribution in [0.15, 0.2) is 18.2 Å². The third-order valence-corrected chi connectivity index (χ3v) is 3.04. The van der Waals surface area contributed by atoms with Crippen LogP contribution in [0, 0.1) is 11.3 Å². The Morgan fingerprint density at radius 3 is 3.06 bits per heavy atom. The molecular weight excluding hydrogens is 256 g/mol. The summed E-state index contributed by atoms with van der Waals surface area (Å²) >= 11 is 5.91. The van der Waals surface area contributed by atoms with Crippen molar-refractivity contribution in [2.45, 2.75) is 6.04 Å². The summed E-state index contributed by atoms with van der Waals surface area (Å²) < 4.78 is 5.16. The molecule has 18 heavy (non-hydrogen) atoms. The lowest BCUT2D eigenvalue weighted by Crippen LogP contribution is -2.50. The number of morpholine rings is 1. The molecule has 0 spiro atoms. The van der Waals surface area contributed by atoms with E-state index in [0.29, 0.717) is 29.4 Å². The fourth-order valence-electron chi connectivity index (χ4n) is 1.93. The van der Waals surface area contributed by atoms with Gasteiger partial charge in [-0.2, -0.15) is 5.26 Å². The van der Waals surface area contributed by atoms with Crippen LogP contribution in [0.2, 0.25) is 5.02 Å². The van der Waals surface area contributed by atoms with Crippen molar-refractivity contribution in [3.63, 3.8) is 0 Å². The number of rotatable bonds is 2. The Balaban J connectivity index is 2.42. The first kappa shape index (κ1) is 12.7. The van der Waals surface area contributed by atoms with Crippen molar-refractivity contribution in [2.75, 3.05) is 24.7 Å². The van der Waals surface area contributed by atoms with E-state index in [1.807, 2.05) is 6.07 Å². The molecule has 0 amide bonds. The Morgan fingerprint density at radius 2 is 2.39 bits per heavy atom. The molecule has 1 unspecified atom stereocenters. The first-order chi connectivity index (χ1) is 8.63. The van der Waals surface area contributed by atoms with E-state index < -0.39 is 12.0 Å². The average molecular weight is 267 g/mol. The molecule has 6 heteroatoms. The van der Waals surface area contributed by atoms with E-state index in [-0.39, 0.29) is 6.61 Å². The van der Waals surface area contributed by atoms with Crippen molar-refractivity contribution >= 4 is 23.3 Å². The van der Waals surface area contributed by atoms with Gasteiger partial charge in [0.05, 0.1) is 24.5 Å². The Bertz CT molecular complexity index is 513. The Morgan fingerprint density at radius 1 is 1.61 bits per heavy atom. The first-order valence-corrected chi connectivity index (χ1v) is 5.78. The van der Waals surface area contributed by atoms with Gasteiger partial charge in [0.25, 0.3) is 0 Å². The molecule has 1 aliphatic heterocycles. The fourth-order valence-corrected chi connectivity index (χ4v) is 2.10. The summed E-state index contributed by atoms with van der Waals surface area (Å²) in [4.78, 5) is 12.8. The number of carboxylic acid groups (broad SMARTS) is 1. The molecule has 1 fully saturated rings. The molecule has 1 aromatic carbocycles. The normalized spacial score (nSPS) is 19.3. The zero-order valence-corrected chi connectivity index (χ0v) is 10.2. The molecule has 1 saturated heterocycles. The monoisotopic (exact) mass is 266 g/mol. The average Bonchev–Trinajstić information content (AvgIpc) is 2.38. The highest BCUT2D eigenvalue weighted by molar-refractivity contribution is 6.30. The SMILES string of the molecule is N#Cc1ccc(Cl)cc1N1CCOCC1C(=O)O. The number of nitrogens with zero attached hydrogens (tertiary/aromatic N) is 2. The van der Waals surface area contributed by atoms with Crippen LogP contribution in [0.5, 0.6) is 0 Å². The van der Waals surface area contributed by atoms with E-state index >= 15 is 0 Å². The number of hydrogen-bond acceptors (Lipinski definition) is 4. The topological polar surface area (TPSA) is 73.6 Å². The summed E-state index contributed by atoms with van der Waals surface area (Å²) in [7, 11) is 0. The standard InChI is InChI=1S/C12H11ClN2O3/c13-9-2-1-8(6-14)10(5-9)15-3-4-18-7-11(15)12(16)17/h1-2,5,11H,3-4,7H2,(H,16,17). The Kier molecular flexibility index (Phi) is 3.70. The number of halogens is 1. The second-order valence-corrected chi connectivity index (χ2v) is 4.33. The lowest BCUT2D eigenvalue weighted by Gasteiger charge is -2.35. The molecule has 1 aromatic rings. The second-order valence-electron chi connectivity index (χ2n) is 3.90. The van der Waals surface area contributed by atoms with Crippen molar-refractivity contribution in [2.24, 2.45) is 0 Å². The highest BCUT2D eigenvalue weighted by atomic mass is 35.5. The third kappa shape index (κ3) is 2.40. The summed E-state index contributed by atoms with van der Waals surface area (Å²) in [5.41, 5.74) is 0.952. The zero-order chi connectivity index (χ0) is 13.1. The molecule has 0 aliphatic carbocycles. The van der Waals surface area contributed by atoms with E-state index in [1.165, 1.54) is 0 Å². The summed E-state index contributed by atoms with van der Waals surface area (Å²) in [6.45, 7) is 0.958. The lowest BCUT2D eigenvalue weighted by atomic mass is 10.1. The summed E-state index contributed by atoms with van der Waals surface area (Å²) in [6.07, 6.45) is 0. The Labute approximate surface area is 109 Å². The number of carboxylic acids is 1. The van der Waals surface area contributed by atoms with E-state index in [1.54, 1.807) is 23.1 Å². The third-order valence-electron chi connectivity index (χ3n) is 2.80. The smallest absolute Gasteiger partial charge is 0.328 e. The van der Waals surface area contributed by atoms with E-state index in [2.05, 4.69) is 0 Å². The molecule has 0 saturated carbocycles. The first-order valence-electron chi connectivity index (χ1n) is 5.40. The maximum atomic E-state index is 11.2. The van der Waals surface area contributed by atoms with Crippen LogP contribution in [0.25, 0.3) is 0 Å². The molecule has 1 N–H and O–H groups in total. The number of ether oxygens (including phenoxy) is 1. The van der Waals surface area contributed by atoms with Gasteiger partial charge in [-0.05, 0) is 18.2 Å². The molecule has 0 bridgehead atoms. The number of hydrogen-bond donors (Lipinski definition) is 1. The van der Waals surface area contributed by atoms with Gasteiger partial charge in [0.2, 0.25) is 0 Å². The molecule has 1 aliphatic rings. The number of benzene rings is 1. The highest BCUT2D eigenvalue weighted by Gasteiger charge is 2.30. The maximum absolute atomic E-state index is 11.2. The molecule has 2 rings (SSSR count). The minimum atomic E-state index is -0.974. The predicted octanol–water partition coefficient (Wildman–Crippen LogP) is 1.50. The van der Waals surface area contributed by atoms with Crippen LogP contribution in [0.3, 0.4) is 0 Å². The molecule has 5 nitrogen and oxygen atoms in total. The fraction of sp³-hybridized carbons (Fsp3) is 0.333. The molecular formula is C12H11ClN2O3. The van der Waals surface area contributed by atoms with Gasteiger partial charge >= 0.3 is 5.97 Å². The zero-order valence-electron chi connectivity index (χ0n) is 9.47. The van der Waals surface area contributed by atoms with E-state index in [4.69, 9.17) is 26.7 Å². The van der Waals surface area contributed by atoms with E-state index in [0.717, 1.165) is 0 Å². The second kappa shape index (κ2) is 5.25. The minimum Gasteiger partial charge on any atom is -0.480 e. The van der Waals surface area contributed by atoms with Crippen molar-refractivity contribution in [3.8, 4) is 6.07 Å². The number of nitriles is 1.